The molecule has 0 atom stereocenters. The molecule has 0 saturated heterocycles. The number of ether oxygens (including phenoxy) is 2. The molecule has 0 unspecified atom stereocenters. The number of anilines is 1. The van der Waals surface area contributed by atoms with Crippen LogP contribution in [-0.2, 0) is 4.74 Å². The van der Waals surface area contributed by atoms with Crippen LogP contribution in [0.3, 0.4) is 0 Å². The number of benzene rings is 1. The first-order valence-electron chi connectivity index (χ1n) is 5.96. The van der Waals surface area contributed by atoms with Crippen LogP contribution in [0.25, 0.3) is 0 Å². The average Bonchev–Trinajstić information content (AvgIpc) is 2.42. The van der Waals surface area contributed by atoms with Crippen molar-refractivity contribution in [2.75, 3.05) is 46.3 Å². The van der Waals surface area contributed by atoms with Crippen molar-refractivity contribution in [2.45, 2.75) is 0 Å². The zero-order chi connectivity index (χ0) is 14.3. The van der Waals surface area contributed by atoms with Crippen LogP contribution in [0.2, 0.25) is 0 Å². The maximum Gasteiger partial charge on any atom is 0.257 e. The molecule has 0 saturated carbocycles. The number of methoxy groups -OCH3 is 2. The quantitative estimate of drug-likeness (QED) is 0.697. The molecule has 0 bridgehead atoms. The van der Waals surface area contributed by atoms with Gasteiger partial charge in [0.1, 0.15) is 5.75 Å². The molecule has 1 amide bonds. The van der Waals surface area contributed by atoms with E-state index in [2.05, 4.69) is 0 Å². The summed E-state index contributed by atoms with van der Waals surface area (Å²) in [5.74, 6) is 0.217. The predicted molar refractivity (Wildman–Crippen MR) is 72.3 cm³/mol. The van der Waals surface area contributed by atoms with E-state index >= 15 is 0 Å². The largest absolute Gasteiger partial charge is 0.496 e. The van der Waals surface area contributed by atoms with Crippen molar-refractivity contribution in [3.63, 3.8) is 0 Å². The van der Waals surface area contributed by atoms with Gasteiger partial charge in [0.2, 0.25) is 0 Å². The number of hydrogen-bond acceptors (Lipinski definition) is 5. The second-order valence-electron chi connectivity index (χ2n) is 3.97. The van der Waals surface area contributed by atoms with Gasteiger partial charge in [0.05, 0.1) is 25.9 Å². The van der Waals surface area contributed by atoms with Gasteiger partial charge in [-0.25, -0.2) is 0 Å². The Bertz CT molecular complexity index is 423. The summed E-state index contributed by atoms with van der Waals surface area (Å²) in [7, 11) is 3.05. The summed E-state index contributed by atoms with van der Waals surface area (Å²) in [4.78, 5) is 13.9. The predicted octanol–water partition coefficient (Wildman–Crippen LogP) is 0.358. The molecule has 0 fully saturated rings. The molecule has 0 aliphatic heterocycles. The Morgan fingerprint density at radius 2 is 2.11 bits per heavy atom. The Morgan fingerprint density at radius 3 is 2.68 bits per heavy atom. The number of rotatable bonds is 7. The van der Waals surface area contributed by atoms with Gasteiger partial charge in [0, 0.05) is 25.9 Å². The molecule has 0 aromatic heterocycles. The molecule has 0 spiro atoms. The van der Waals surface area contributed by atoms with Crippen LogP contribution in [0, 0.1) is 0 Å². The molecule has 1 aromatic rings. The molecule has 106 valence electrons. The molecule has 6 nitrogen and oxygen atoms in total. The van der Waals surface area contributed by atoms with E-state index in [4.69, 9.17) is 20.3 Å². The molecule has 1 aromatic carbocycles. The number of amides is 1. The third-order valence-electron chi connectivity index (χ3n) is 2.68. The summed E-state index contributed by atoms with van der Waals surface area (Å²) in [5, 5.41) is 9.02. The molecule has 0 aliphatic carbocycles. The third-order valence-corrected chi connectivity index (χ3v) is 2.68. The molecular weight excluding hydrogens is 248 g/mol. The van der Waals surface area contributed by atoms with Crippen molar-refractivity contribution in [3.05, 3.63) is 23.8 Å². The van der Waals surface area contributed by atoms with Gasteiger partial charge in [-0.15, -0.1) is 0 Å². The van der Waals surface area contributed by atoms with E-state index in [1.807, 2.05) is 0 Å². The van der Waals surface area contributed by atoms with Gasteiger partial charge < -0.3 is 25.2 Å². The molecule has 6 heteroatoms. The number of nitrogens with zero attached hydrogens (tertiary/aromatic N) is 1. The number of carbonyl (C=O) groups is 1. The lowest BCUT2D eigenvalue weighted by atomic mass is 10.1. The van der Waals surface area contributed by atoms with Crippen molar-refractivity contribution in [1.82, 2.24) is 4.90 Å². The summed E-state index contributed by atoms with van der Waals surface area (Å²) < 4.78 is 10.1. The van der Waals surface area contributed by atoms with Crippen molar-refractivity contribution >= 4 is 11.6 Å². The minimum Gasteiger partial charge on any atom is -0.496 e. The topological polar surface area (TPSA) is 85.0 Å². The van der Waals surface area contributed by atoms with Gasteiger partial charge >= 0.3 is 0 Å². The molecule has 1 rings (SSSR count). The van der Waals surface area contributed by atoms with Crippen LogP contribution in [0.4, 0.5) is 5.69 Å². The van der Waals surface area contributed by atoms with Gasteiger partial charge in [-0.1, -0.05) is 0 Å². The fourth-order valence-electron chi connectivity index (χ4n) is 1.70. The van der Waals surface area contributed by atoms with Crippen LogP contribution in [-0.4, -0.2) is 56.4 Å². The second kappa shape index (κ2) is 7.60. The SMILES string of the molecule is COCCN(CCO)C(=O)c1cc(N)ccc1OC. The second-order valence-corrected chi connectivity index (χ2v) is 3.97. The smallest absolute Gasteiger partial charge is 0.257 e. The number of nitrogen functional groups attached to an aromatic ring is 1. The lowest BCUT2D eigenvalue weighted by Gasteiger charge is -2.22. The Balaban J connectivity index is 2.97. The first-order chi connectivity index (χ1) is 9.13. The van der Waals surface area contributed by atoms with E-state index < -0.39 is 0 Å². The van der Waals surface area contributed by atoms with E-state index in [-0.39, 0.29) is 19.1 Å². The molecule has 0 aliphatic rings. The summed E-state index contributed by atoms with van der Waals surface area (Å²) in [5.41, 5.74) is 6.56. The first-order valence-corrected chi connectivity index (χ1v) is 5.96. The monoisotopic (exact) mass is 268 g/mol. The van der Waals surface area contributed by atoms with E-state index in [0.29, 0.717) is 30.2 Å². The summed E-state index contributed by atoms with van der Waals surface area (Å²) in [6, 6.07) is 4.88. The minimum absolute atomic E-state index is 0.111. The maximum atomic E-state index is 12.4. The summed E-state index contributed by atoms with van der Waals surface area (Å²) in [6.45, 7) is 0.921. The zero-order valence-electron chi connectivity index (χ0n) is 11.3. The van der Waals surface area contributed by atoms with E-state index in [9.17, 15) is 4.79 Å². The first kappa shape index (κ1) is 15.3. The summed E-state index contributed by atoms with van der Waals surface area (Å²) >= 11 is 0. The fraction of sp³-hybridized carbons (Fsp3) is 0.462. The molecule has 19 heavy (non-hydrogen) atoms. The highest BCUT2D eigenvalue weighted by atomic mass is 16.5. The Hall–Kier alpha value is -1.79. The Morgan fingerprint density at radius 1 is 1.37 bits per heavy atom. The highest BCUT2D eigenvalue weighted by Gasteiger charge is 2.19. The Kier molecular flexibility index (Phi) is 6.11. The third kappa shape index (κ3) is 4.11. The minimum atomic E-state index is -0.241. The van der Waals surface area contributed by atoms with E-state index in [1.54, 1.807) is 25.3 Å². The highest BCUT2D eigenvalue weighted by Crippen LogP contribution is 2.22. The highest BCUT2D eigenvalue weighted by molar-refractivity contribution is 5.97. The van der Waals surface area contributed by atoms with Crippen LogP contribution in [0.5, 0.6) is 5.75 Å². The maximum absolute atomic E-state index is 12.4. The van der Waals surface area contributed by atoms with Gasteiger partial charge in [0.15, 0.2) is 0 Å². The lowest BCUT2D eigenvalue weighted by molar-refractivity contribution is 0.0653. The number of aliphatic hydroxyl groups is 1. The van der Waals surface area contributed by atoms with Crippen molar-refractivity contribution in [2.24, 2.45) is 0 Å². The number of aliphatic hydroxyl groups excluding tert-OH is 1. The lowest BCUT2D eigenvalue weighted by Crippen LogP contribution is -2.36. The van der Waals surface area contributed by atoms with Crippen molar-refractivity contribution in [3.8, 4) is 5.75 Å². The van der Waals surface area contributed by atoms with Crippen molar-refractivity contribution < 1.29 is 19.4 Å². The molecule has 0 heterocycles. The fourth-order valence-corrected chi connectivity index (χ4v) is 1.70. The van der Waals surface area contributed by atoms with Crippen LogP contribution < -0.4 is 10.5 Å². The van der Waals surface area contributed by atoms with Gasteiger partial charge in [-0.05, 0) is 18.2 Å². The standard InChI is InChI=1S/C13H20N2O4/c1-18-8-6-15(5-7-16)13(17)11-9-10(14)3-4-12(11)19-2/h3-4,9,16H,5-8,14H2,1-2H3. The Labute approximate surface area is 112 Å². The van der Waals surface area contributed by atoms with Gasteiger partial charge in [-0.3, -0.25) is 4.79 Å². The van der Waals surface area contributed by atoms with Gasteiger partial charge in [0.25, 0.3) is 5.91 Å². The van der Waals surface area contributed by atoms with Crippen LogP contribution in [0.1, 0.15) is 10.4 Å². The average molecular weight is 268 g/mol. The molecule has 3 N–H and O–H groups in total. The van der Waals surface area contributed by atoms with E-state index in [1.165, 1.54) is 12.0 Å². The van der Waals surface area contributed by atoms with Crippen molar-refractivity contribution in [1.29, 1.82) is 0 Å². The number of nitrogens with two attached hydrogens (primary N) is 1. The normalized spacial score (nSPS) is 10.3. The van der Waals surface area contributed by atoms with E-state index in [0.717, 1.165) is 0 Å². The number of hydrogen-bond donors (Lipinski definition) is 2. The van der Waals surface area contributed by atoms with Crippen LogP contribution >= 0.6 is 0 Å². The summed E-state index contributed by atoms with van der Waals surface area (Å²) in [6.07, 6.45) is 0. The van der Waals surface area contributed by atoms with Gasteiger partial charge in [-0.2, -0.15) is 0 Å². The van der Waals surface area contributed by atoms with Crippen LogP contribution in [0.15, 0.2) is 18.2 Å². The zero-order valence-corrected chi connectivity index (χ0v) is 11.3. The number of carbonyl (C=O) groups excluding carboxylic acids is 1. The molecular formula is C13H20N2O4. The molecule has 0 radical (unpaired) electrons.